The van der Waals surface area contributed by atoms with Crippen LogP contribution in [0.3, 0.4) is 0 Å². The van der Waals surface area contributed by atoms with Gasteiger partial charge in [-0.2, -0.15) is 4.98 Å². The second-order valence-corrected chi connectivity index (χ2v) is 4.46. The summed E-state index contributed by atoms with van der Waals surface area (Å²) in [4.78, 5) is 6.43. The van der Waals surface area contributed by atoms with E-state index in [1.54, 1.807) is 6.07 Å². The Morgan fingerprint density at radius 1 is 1.30 bits per heavy atom. The van der Waals surface area contributed by atoms with Gasteiger partial charge in [0, 0.05) is 24.7 Å². The van der Waals surface area contributed by atoms with Gasteiger partial charge >= 0.3 is 0 Å². The first-order valence-electron chi connectivity index (χ1n) is 6.36. The van der Waals surface area contributed by atoms with Gasteiger partial charge in [0.25, 0.3) is 0 Å². The number of halogens is 1. The average molecular weight is 278 g/mol. The molecular weight excluding hydrogens is 263 g/mol. The van der Waals surface area contributed by atoms with Crippen molar-refractivity contribution >= 4 is 5.95 Å². The maximum atomic E-state index is 13.5. The van der Waals surface area contributed by atoms with Crippen molar-refractivity contribution in [2.75, 3.05) is 38.3 Å². The van der Waals surface area contributed by atoms with Gasteiger partial charge in [0.15, 0.2) is 5.82 Å². The Kier molecular flexibility index (Phi) is 3.51. The van der Waals surface area contributed by atoms with E-state index in [0.29, 0.717) is 36.3 Å². The molecular formula is C13H15FN4O2. The van der Waals surface area contributed by atoms with Crippen LogP contribution >= 0.6 is 0 Å². The quantitative estimate of drug-likeness (QED) is 0.920. The van der Waals surface area contributed by atoms with Crippen molar-refractivity contribution in [3.05, 3.63) is 24.0 Å². The molecule has 1 fully saturated rings. The highest BCUT2D eigenvalue weighted by Gasteiger charge is 2.16. The molecule has 6 nitrogen and oxygen atoms in total. The predicted octanol–water partition coefficient (Wildman–Crippen LogP) is 1.46. The number of morpholine rings is 1. The van der Waals surface area contributed by atoms with Gasteiger partial charge < -0.3 is 14.4 Å². The van der Waals surface area contributed by atoms with E-state index >= 15 is 0 Å². The third kappa shape index (κ3) is 2.57. The fourth-order valence-corrected chi connectivity index (χ4v) is 2.10. The minimum Gasteiger partial charge on any atom is -0.497 e. The van der Waals surface area contributed by atoms with Crippen LogP contribution in [0.15, 0.2) is 18.2 Å². The predicted molar refractivity (Wildman–Crippen MR) is 71.4 cm³/mol. The normalized spacial score (nSPS) is 15.4. The molecule has 0 saturated carbocycles. The highest BCUT2D eigenvalue weighted by molar-refractivity contribution is 5.59. The van der Waals surface area contributed by atoms with Crippen LogP contribution in [0.4, 0.5) is 10.3 Å². The van der Waals surface area contributed by atoms with Crippen LogP contribution < -0.4 is 9.64 Å². The smallest absolute Gasteiger partial charge is 0.245 e. The molecule has 1 saturated heterocycles. The first kappa shape index (κ1) is 12.9. The van der Waals surface area contributed by atoms with Crippen molar-refractivity contribution < 1.29 is 13.9 Å². The van der Waals surface area contributed by atoms with Gasteiger partial charge in [0.1, 0.15) is 11.6 Å². The number of hydrogen-bond acceptors (Lipinski definition) is 5. The minimum absolute atomic E-state index is 0.372. The average Bonchev–Trinajstić information content (AvgIpc) is 2.97. The zero-order chi connectivity index (χ0) is 13.9. The molecule has 1 aliphatic rings. The van der Waals surface area contributed by atoms with Gasteiger partial charge in [-0.1, -0.05) is 0 Å². The van der Waals surface area contributed by atoms with Crippen molar-refractivity contribution in [1.29, 1.82) is 0 Å². The summed E-state index contributed by atoms with van der Waals surface area (Å²) < 4.78 is 23.8. The standard InChI is InChI=1S/C13H15FN4O2/c1-19-11-7-9(6-10(14)8-11)12-15-13(17-16-12)18-2-4-20-5-3-18/h6-8H,2-5H2,1H3,(H,15,16,17). The topological polar surface area (TPSA) is 63.3 Å². The molecule has 0 bridgehead atoms. The van der Waals surface area contributed by atoms with Crippen molar-refractivity contribution in [1.82, 2.24) is 15.2 Å². The number of nitrogens with one attached hydrogen (secondary N) is 1. The van der Waals surface area contributed by atoms with Gasteiger partial charge in [-0.05, 0) is 12.1 Å². The number of H-pyrrole nitrogens is 1. The number of aromatic nitrogens is 3. The van der Waals surface area contributed by atoms with Crippen LogP contribution in [0, 0.1) is 5.82 Å². The molecule has 0 amide bonds. The fraction of sp³-hybridized carbons (Fsp3) is 0.385. The Balaban J connectivity index is 1.87. The van der Waals surface area contributed by atoms with Gasteiger partial charge in [-0.15, -0.1) is 5.10 Å². The molecule has 1 aromatic heterocycles. The monoisotopic (exact) mass is 278 g/mol. The number of benzene rings is 1. The molecule has 0 radical (unpaired) electrons. The summed E-state index contributed by atoms with van der Waals surface area (Å²) in [6.07, 6.45) is 0. The summed E-state index contributed by atoms with van der Waals surface area (Å²) in [6, 6.07) is 4.43. The van der Waals surface area contributed by atoms with Crippen LogP contribution in [0.1, 0.15) is 0 Å². The van der Waals surface area contributed by atoms with Crippen molar-refractivity contribution in [3.63, 3.8) is 0 Å². The van der Waals surface area contributed by atoms with Crippen molar-refractivity contribution in [3.8, 4) is 17.1 Å². The van der Waals surface area contributed by atoms with Gasteiger partial charge in [-0.3, -0.25) is 5.10 Å². The molecule has 0 aliphatic carbocycles. The molecule has 0 atom stereocenters. The summed E-state index contributed by atoms with van der Waals surface area (Å²) in [5.74, 6) is 1.20. The molecule has 1 N–H and O–H groups in total. The molecule has 106 valence electrons. The van der Waals surface area contributed by atoms with E-state index in [4.69, 9.17) is 9.47 Å². The largest absolute Gasteiger partial charge is 0.497 e. The number of methoxy groups -OCH3 is 1. The zero-order valence-corrected chi connectivity index (χ0v) is 11.1. The highest BCUT2D eigenvalue weighted by Crippen LogP contribution is 2.24. The first-order valence-corrected chi connectivity index (χ1v) is 6.36. The van der Waals surface area contributed by atoms with Crippen LogP contribution in [0.2, 0.25) is 0 Å². The Labute approximate surface area is 115 Å². The number of rotatable bonds is 3. The van der Waals surface area contributed by atoms with Gasteiger partial charge in [0.2, 0.25) is 5.95 Å². The van der Waals surface area contributed by atoms with E-state index in [0.717, 1.165) is 13.1 Å². The van der Waals surface area contributed by atoms with Crippen LogP contribution in [-0.2, 0) is 4.74 Å². The van der Waals surface area contributed by atoms with Crippen molar-refractivity contribution in [2.45, 2.75) is 0 Å². The third-order valence-corrected chi connectivity index (χ3v) is 3.15. The van der Waals surface area contributed by atoms with Crippen LogP contribution in [0.25, 0.3) is 11.4 Å². The van der Waals surface area contributed by atoms with E-state index < -0.39 is 0 Å². The Hall–Kier alpha value is -2.15. The number of aromatic amines is 1. The summed E-state index contributed by atoms with van der Waals surface area (Å²) in [7, 11) is 1.50. The Morgan fingerprint density at radius 2 is 2.10 bits per heavy atom. The molecule has 2 heterocycles. The molecule has 1 aromatic carbocycles. The molecule has 3 rings (SSSR count). The number of hydrogen-bond donors (Lipinski definition) is 1. The summed E-state index contributed by atoms with van der Waals surface area (Å²) in [6.45, 7) is 2.84. The molecule has 1 aliphatic heterocycles. The van der Waals surface area contributed by atoms with Crippen LogP contribution in [0.5, 0.6) is 5.75 Å². The first-order chi connectivity index (χ1) is 9.76. The van der Waals surface area contributed by atoms with E-state index in [9.17, 15) is 4.39 Å². The summed E-state index contributed by atoms with van der Waals surface area (Å²) in [5, 5.41) is 7.00. The fourth-order valence-electron chi connectivity index (χ4n) is 2.10. The second-order valence-electron chi connectivity index (χ2n) is 4.46. The maximum absolute atomic E-state index is 13.5. The third-order valence-electron chi connectivity index (χ3n) is 3.15. The van der Waals surface area contributed by atoms with E-state index in [1.165, 1.54) is 19.2 Å². The molecule has 2 aromatic rings. The molecule has 20 heavy (non-hydrogen) atoms. The lowest BCUT2D eigenvalue weighted by atomic mass is 10.2. The van der Waals surface area contributed by atoms with E-state index in [1.807, 2.05) is 4.90 Å². The number of ether oxygens (including phenoxy) is 2. The Bertz CT molecular complexity index is 596. The number of nitrogens with zero attached hydrogens (tertiary/aromatic N) is 3. The SMILES string of the molecule is COc1cc(F)cc(-c2nc(N3CCOCC3)n[nH]2)c1. The minimum atomic E-state index is -0.372. The maximum Gasteiger partial charge on any atom is 0.245 e. The molecule has 7 heteroatoms. The van der Waals surface area contributed by atoms with Gasteiger partial charge in [-0.25, -0.2) is 4.39 Å². The van der Waals surface area contributed by atoms with Crippen molar-refractivity contribution in [2.24, 2.45) is 0 Å². The molecule has 0 spiro atoms. The second kappa shape index (κ2) is 5.46. The Morgan fingerprint density at radius 3 is 2.85 bits per heavy atom. The lowest BCUT2D eigenvalue weighted by Gasteiger charge is -2.25. The lowest BCUT2D eigenvalue weighted by molar-refractivity contribution is 0.122. The highest BCUT2D eigenvalue weighted by atomic mass is 19.1. The number of anilines is 1. The van der Waals surface area contributed by atoms with E-state index in [2.05, 4.69) is 15.2 Å². The van der Waals surface area contributed by atoms with E-state index in [-0.39, 0.29) is 5.82 Å². The van der Waals surface area contributed by atoms with Crippen LogP contribution in [-0.4, -0.2) is 48.6 Å². The lowest BCUT2D eigenvalue weighted by Crippen LogP contribution is -2.36. The zero-order valence-electron chi connectivity index (χ0n) is 11.1. The molecule has 0 unspecified atom stereocenters. The van der Waals surface area contributed by atoms with Gasteiger partial charge in [0.05, 0.1) is 20.3 Å². The summed E-state index contributed by atoms with van der Waals surface area (Å²) in [5.41, 5.74) is 0.605. The summed E-state index contributed by atoms with van der Waals surface area (Å²) >= 11 is 0.